The zero-order valence-electron chi connectivity index (χ0n) is 13.3. The highest BCUT2D eigenvalue weighted by Crippen LogP contribution is 2.26. The van der Waals surface area contributed by atoms with Crippen molar-refractivity contribution < 1.29 is 9.32 Å². The lowest BCUT2D eigenvalue weighted by molar-refractivity contribution is 0.172. The first-order valence-corrected chi connectivity index (χ1v) is 7.98. The van der Waals surface area contributed by atoms with Gasteiger partial charge >= 0.3 is 6.03 Å². The highest BCUT2D eigenvalue weighted by Gasteiger charge is 2.28. The maximum atomic E-state index is 12.1. The Balaban J connectivity index is 1.91. The fourth-order valence-corrected chi connectivity index (χ4v) is 2.49. The average Bonchev–Trinajstić information content (AvgIpc) is 2.97. The van der Waals surface area contributed by atoms with Crippen LogP contribution in [0.5, 0.6) is 0 Å². The second-order valence-corrected chi connectivity index (χ2v) is 6.02. The Morgan fingerprint density at radius 2 is 2.33 bits per heavy atom. The molecule has 1 aliphatic heterocycles. The van der Waals surface area contributed by atoms with Crippen molar-refractivity contribution in [3.63, 3.8) is 0 Å². The Morgan fingerprint density at radius 1 is 1.52 bits per heavy atom. The number of hydrogen-bond donors (Lipinski definition) is 1. The Morgan fingerprint density at radius 3 is 3.00 bits per heavy atom. The van der Waals surface area contributed by atoms with Crippen LogP contribution in [0.25, 0.3) is 0 Å². The van der Waals surface area contributed by atoms with Gasteiger partial charge in [-0.3, -0.25) is 0 Å². The number of piperidine rings is 1. The van der Waals surface area contributed by atoms with E-state index in [4.69, 9.17) is 4.52 Å². The van der Waals surface area contributed by atoms with Crippen molar-refractivity contribution in [2.45, 2.75) is 58.3 Å². The van der Waals surface area contributed by atoms with Crippen LogP contribution in [-0.2, 0) is 0 Å². The molecule has 2 amide bonds. The first-order chi connectivity index (χ1) is 10.1. The number of hydrogen-bond acceptors (Lipinski definition) is 4. The van der Waals surface area contributed by atoms with Gasteiger partial charge < -0.3 is 14.7 Å². The second-order valence-electron chi connectivity index (χ2n) is 6.02. The summed E-state index contributed by atoms with van der Waals surface area (Å²) in [5.74, 6) is 1.84. The fraction of sp³-hybridized carbons (Fsp3) is 0.800. The van der Waals surface area contributed by atoms with Crippen LogP contribution in [0.15, 0.2) is 4.52 Å². The van der Waals surface area contributed by atoms with Crippen LogP contribution in [0.1, 0.15) is 70.0 Å². The molecule has 0 saturated carbocycles. The van der Waals surface area contributed by atoms with Crippen molar-refractivity contribution in [3.05, 3.63) is 11.7 Å². The molecule has 2 rings (SSSR count). The predicted octanol–water partition coefficient (Wildman–Crippen LogP) is 2.88. The van der Waals surface area contributed by atoms with Crippen LogP contribution in [0.2, 0.25) is 0 Å². The summed E-state index contributed by atoms with van der Waals surface area (Å²) >= 11 is 0. The summed E-state index contributed by atoms with van der Waals surface area (Å²) < 4.78 is 5.37. The molecule has 1 aromatic heterocycles. The van der Waals surface area contributed by atoms with Gasteiger partial charge in [0.1, 0.15) is 0 Å². The summed E-state index contributed by atoms with van der Waals surface area (Å²) in [5, 5.41) is 6.99. The topological polar surface area (TPSA) is 71.3 Å². The molecule has 2 heterocycles. The average molecular weight is 294 g/mol. The standard InChI is InChI=1S/C15H26N4O2/c1-4-5-8-16-15(20)19-9-6-7-12(10-19)14-17-13(11(2)3)18-21-14/h11-12H,4-10H2,1-3H3,(H,16,20). The second kappa shape index (κ2) is 7.43. The van der Waals surface area contributed by atoms with Gasteiger partial charge in [0, 0.05) is 25.6 Å². The molecule has 1 aliphatic rings. The third kappa shape index (κ3) is 4.19. The van der Waals surface area contributed by atoms with Crippen molar-refractivity contribution in [2.75, 3.05) is 19.6 Å². The van der Waals surface area contributed by atoms with E-state index in [1.54, 1.807) is 0 Å². The highest BCUT2D eigenvalue weighted by molar-refractivity contribution is 5.74. The van der Waals surface area contributed by atoms with Crippen molar-refractivity contribution in [2.24, 2.45) is 0 Å². The molecule has 1 saturated heterocycles. The largest absolute Gasteiger partial charge is 0.339 e. The molecule has 118 valence electrons. The SMILES string of the molecule is CCCCNC(=O)N1CCCC(c2nc(C(C)C)no2)C1. The van der Waals surface area contributed by atoms with Gasteiger partial charge in [-0.2, -0.15) is 4.98 Å². The molecule has 21 heavy (non-hydrogen) atoms. The number of rotatable bonds is 5. The van der Waals surface area contributed by atoms with E-state index in [0.29, 0.717) is 12.4 Å². The van der Waals surface area contributed by atoms with Crippen LogP contribution in [0.4, 0.5) is 4.79 Å². The number of carbonyl (C=O) groups excluding carboxylic acids is 1. The van der Waals surface area contributed by atoms with E-state index < -0.39 is 0 Å². The smallest absolute Gasteiger partial charge is 0.317 e. The lowest BCUT2D eigenvalue weighted by atomic mass is 9.98. The maximum Gasteiger partial charge on any atom is 0.317 e. The summed E-state index contributed by atoms with van der Waals surface area (Å²) in [6, 6.07) is 0.0248. The van der Waals surface area contributed by atoms with Crippen molar-refractivity contribution >= 4 is 6.03 Å². The van der Waals surface area contributed by atoms with Gasteiger partial charge in [-0.05, 0) is 19.3 Å². The van der Waals surface area contributed by atoms with Crippen LogP contribution in [-0.4, -0.2) is 40.7 Å². The monoisotopic (exact) mass is 294 g/mol. The number of aromatic nitrogens is 2. The van der Waals surface area contributed by atoms with Gasteiger partial charge in [0.25, 0.3) is 0 Å². The van der Waals surface area contributed by atoms with Crippen LogP contribution in [0.3, 0.4) is 0 Å². The third-order valence-electron chi connectivity index (χ3n) is 3.84. The van der Waals surface area contributed by atoms with Gasteiger partial charge in [-0.15, -0.1) is 0 Å². The Kier molecular flexibility index (Phi) is 5.59. The zero-order chi connectivity index (χ0) is 15.2. The van der Waals surface area contributed by atoms with E-state index in [0.717, 1.165) is 44.6 Å². The van der Waals surface area contributed by atoms with E-state index in [1.165, 1.54) is 0 Å². The summed E-state index contributed by atoms with van der Waals surface area (Å²) in [6.07, 6.45) is 4.08. The van der Waals surface area contributed by atoms with Crippen molar-refractivity contribution in [1.82, 2.24) is 20.4 Å². The molecule has 0 aliphatic carbocycles. The molecule has 1 unspecified atom stereocenters. The number of nitrogens with one attached hydrogen (secondary N) is 1. The molecule has 0 bridgehead atoms. The predicted molar refractivity (Wildman–Crippen MR) is 80.2 cm³/mol. The summed E-state index contributed by atoms with van der Waals surface area (Å²) in [6.45, 7) is 8.42. The van der Waals surface area contributed by atoms with E-state index in [-0.39, 0.29) is 17.9 Å². The van der Waals surface area contributed by atoms with Gasteiger partial charge in [0.2, 0.25) is 5.89 Å². The fourth-order valence-electron chi connectivity index (χ4n) is 2.49. The van der Waals surface area contributed by atoms with E-state index in [2.05, 4.69) is 22.4 Å². The molecular weight excluding hydrogens is 268 g/mol. The molecule has 6 nitrogen and oxygen atoms in total. The van der Waals surface area contributed by atoms with Crippen molar-refractivity contribution in [1.29, 1.82) is 0 Å². The molecule has 0 aromatic carbocycles. The number of nitrogens with zero attached hydrogens (tertiary/aromatic N) is 3. The maximum absolute atomic E-state index is 12.1. The van der Waals surface area contributed by atoms with Crippen LogP contribution >= 0.6 is 0 Å². The van der Waals surface area contributed by atoms with E-state index in [9.17, 15) is 4.79 Å². The number of unbranched alkanes of at least 4 members (excludes halogenated alkanes) is 1. The number of amides is 2. The normalized spacial score (nSPS) is 19.0. The van der Waals surface area contributed by atoms with Crippen LogP contribution in [0, 0.1) is 0 Å². The summed E-state index contributed by atoms with van der Waals surface area (Å²) in [4.78, 5) is 18.4. The summed E-state index contributed by atoms with van der Waals surface area (Å²) in [5.41, 5.74) is 0. The molecule has 6 heteroatoms. The minimum absolute atomic E-state index is 0.0248. The zero-order valence-corrected chi connectivity index (χ0v) is 13.3. The Hall–Kier alpha value is -1.59. The molecule has 1 fully saturated rings. The molecule has 1 N–H and O–H groups in total. The lowest BCUT2D eigenvalue weighted by Crippen LogP contribution is -2.45. The van der Waals surface area contributed by atoms with Gasteiger partial charge in [0.15, 0.2) is 5.82 Å². The number of likely N-dealkylation sites (tertiary alicyclic amines) is 1. The minimum atomic E-state index is 0.0248. The number of urea groups is 1. The van der Waals surface area contributed by atoms with E-state index in [1.807, 2.05) is 18.7 Å². The first-order valence-electron chi connectivity index (χ1n) is 7.98. The Labute approximate surface area is 126 Å². The molecular formula is C15H26N4O2. The highest BCUT2D eigenvalue weighted by atomic mass is 16.5. The first kappa shape index (κ1) is 15.8. The third-order valence-corrected chi connectivity index (χ3v) is 3.84. The molecule has 0 radical (unpaired) electrons. The molecule has 0 spiro atoms. The van der Waals surface area contributed by atoms with E-state index >= 15 is 0 Å². The van der Waals surface area contributed by atoms with Gasteiger partial charge in [-0.25, -0.2) is 4.79 Å². The molecule has 1 atom stereocenters. The van der Waals surface area contributed by atoms with Gasteiger partial charge in [-0.1, -0.05) is 32.3 Å². The Bertz CT molecular complexity index is 458. The minimum Gasteiger partial charge on any atom is -0.339 e. The lowest BCUT2D eigenvalue weighted by Gasteiger charge is -2.31. The quantitative estimate of drug-likeness (QED) is 0.848. The summed E-state index contributed by atoms with van der Waals surface area (Å²) in [7, 11) is 0. The number of carbonyl (C=O) groups is 1. The van der Waals surface area contributed by atoms with Gasteiger partial charge in [0.05, 0.1) is 5.92 Å². The molecule has 1 aromatic rings. The van der Waals surface area contributed by atoms with Crippen LogP contribution < -0.4 is 5.32 Å². The van der Waals surface area contributed by atoms with Crippen molar-refractivity contribution in [3.8, 4) is 0 Å².